The lowest BCUT2D eigenvalue weighted by atomic mass is 10.0. The van der Waals surface area contributed by atoms with Gasteiger partial charge in [-0.25, -0.2) is 0 Å². The van der Waals surface area contributed by atoms with Gasteiger partial charge >= 0.3 is 0 Å². The number of hydrogen-bond acceptors (Lipinski definition) is 23. The lowest BCUT2D eigenvalue weighted by molar-refractivity contribution is -0.134. The Morgan fingerprint density at radius 3 is 1.27 bits per heavy atom. The SMILES string of the molecule is CC[C@H]1NC(=O)[C@H](Cc2ccc(O)cc2)NC(=O)C(CCCCNC(=O)CCC(NC(=O)CCCCCNC(=O)C(N)CSSCCC(=O)NCCO)C(=O)NCCCCC2NC(=O)[C@@H](CCCNC(=N)N)NC(=O)CNC(=O)[C@@H](CC)NC(=O)[C@H](Cc3ccc(O)cc3)NC2=O)NC(=O)[C@@H](CCCNC(=N)N)NC(=O)CNC1=O. The Labute approximate surface area is 675 Å². The fourth-order valence-electron chi connectivity index (χ4n) is 11.7. The van der Waals surface area contributed by atoms with Crippen LogP contribution in [0.4, 0.5) is 0 Å². The Bertz CT molecular complexity index is 3570. The lowest BCUT2D eigenvalue weighted by Crippen LogP contribution is -2.58. The highest BCUT2D eigenvalue weighted by atomic mass is 33.1. The minimum Gasteiger partial charge on any atom is -0.508 e. The average Bonchev–Trinajstić information content (AvgIpc) is 1.85. The van der Waals surface area contributed by atoms with Gasteiger partial charge in [0.05, 0.1) is 25.7 Å². The summed E-state index contributed by atoms with van der Waals surface area (Å²) in [4.78, 5) is 204. The molecule has 42 heteroatoms. The molecule has 0 aliphatic carbocycles. The van der Waals surface area contributed by atoms with Crippen molar-refractivity contribution in [1.29, 1.82) is 10.8 Å². The topological polar surface area (TPSA) is 647 Å². The second-order valence-electron chi connectivity index (χ2n) is 27.5. The first-order valence-electron chi connectivity index (χ1n) is 38.7. The molecule has 2 saturated heterocycles. The molecule has 28 N–H and O–H groups in total. The number of carbonyl (C=O) groups is 15. The summed E-state index contributed by atoms with van der Waals surface area (Å²) in [5.74, 6) is -10.2. The molecule has 638 valence electrons. The number of nitrogens with two attached hydrogens (primary N) is 3. The van der Waals surface area contributed by atoms with Gasteiger partial charge in [0.25, 0.3) is 0 Å². The summed E-state index contributed by atoms with van der Waals surface area (Å²) in [5.41, 5.74) is 18.0. The van der Waals surface area contributed by atoms with Gasteiger partial charge < -0.3 is 123 Å². The molecule has 2 heterocycles. The first-order valence-corrected chi connectivity index (χ1v) is 41.1. The summed E-state index contributed by atoms with van der Waals surface area (Å²) in [6, 6.07) is -0.717. The molecule has 0 saturated carbocycles. The van der Waals surface area contributed by atoms with E-state index in [2.05, 4.69) is 90.4 Å². The molecule has 10 atom stereocenters. The molecule has 2 aromatic rings. The number of rotatable bonds is 44. The van der Waals surface area contributed by atoms with Crippen molar-refractivity contribution < 1.29 is 87.2 Å². The third kappa shape index (κ3) is 39.7. The van der Waals surface area contributed by atoms with Gasteiger partial charge in [-0.3, -0.25) is 82.7 Å². The van der Waals surface area contributed by atoms with Gasteiger partial charge in [-0.2, -0.15) is 0 Å². The molecule has 2 aliphatic rings. The van der Waals surface area contributed by atoms with Crippen molar-refractivity contribution in [3.05, 3.63) is 59.7 Å². The fourth-order valence-corrected chi connectivity index (χ4v) is 13.8. The molecule has 40 nitrogen and oxygen atoms in total. The molecular formula is C73H116N22O18S2. The standard InChI is InChI=1S/C73H116N22O18S2/c1-3-48-63(105)85-40-60(102)88-50(16-12-33-83-72(75)76)66(108)92-52(68(110)94-55(70(112)90-48)38-43-19-23-45(97)24-20-43)14-7-10-30-79-57(99)28-27-54(87-59(101)18-6-5-9-31-81-62(104)47(74)42-115-114-37-29-58(100)80-35-36-96)65(107)82-32-11-8-15-53-69(111)95-56(39-44-21-25-46(98)26-22-44)71(113)91-49(4-2)64(106)86-41-61(103)89-51(67(109)93-53)17-13-34-84-73(77)78/h19-26,47-56,96-98H,3-18,27-42,74H2,1-2H3,(H,79,99)(H,80,100)(H,81,104)(H,82,107)(H,85,105)(H,86,106)(H,87,101)(H,88,102)(H,89,103)(H,90,112)(H,91,113)(H,92,108)(H,93,109)(H,94,110)(H,95,111)(H4,75,76,83)(H4,77,78,84)/t47?,48-,49-,50-,51-,52?,53?,54?,55+,56+/m1/s1. The van der Waals surface area contributed by atoms with Crippen LogP contribution >= 0.6 is 21.6 Å². The second kappa shape index (κ2) is 54.1. The second-order valence-corrected chi connectivity index (χ2v) is 30.1. The number of nitrogens with one attached hydrogen (secondary N) is 19. The largest absolute Gasteiger partial charge is 0.508 e. The zero-order valence-corrected chi connectivity index (χ0v) is 66.7. The monoisotopic (exact) mass is 1650 g/mol. The Balaban J connectivity index is 1.52. The number of phenols is 2. The summed E-state index contributed by atoms with van der Waals surface area (Å²) in [6.07, 6.45) is 1.64. The molecule has 0 radical (unpaired) electrons. The van der Waals surface area contributed by atoms with Gasteiger partial charge in [0, 0.05) is 82.9 Å². The number of guanidine groups is 2. The van der Waals surface area contributed by atoms with Crippen LogP contribution < -0.4 is 108 Å². The molecule has 15 amide bonds. The van der Waals surface area contributed by atoms with Crippen LogP contribution in [0.15, 0.2) is 48.5 Å². The van der Waals surface area contributed by atoms with Gasteiger partial charge in [-0.1, -0.05) is 66.1 Å². The Morgan fingerprint density at radius 2 is 0.817 bits per heavy atom. The van der Waals surface area contributed by atoms with Crippen molar-refractivity contribution in [3.63, 3.8) is 0 Å². The van der Waals surface area contributed by atoms with Gasteiger partial charge in [-0.15, -0.1) is 0 Å². The Morgan fingerprint density at radius 1 is 0.435 bits per heavy atom. The van der Waals surface area contributed by atoms with Crippen LogP contribution in [0.5, 0.6) is 11.5 Å². The van der Waals surface area contributed by atoms with Crippen LogP contribution in [0.1, 0.15) is 147 Å². The van der Waals surface area contributed by atoms with E-state index in [0.717, 1.165) is 0 Å². The minimum absolute atomic E-state index is 0.00785. The molecule has 4 rings (SSSR count). The first-order chi connectivity index (χ1) is 55.0. The van der Waals surface area contributed by atoms with Crippen LogP contribution in [0, 0.1) is 10.8 Å². The lowest BCUT2D eigenvalue weighted by Gasteiger charge is -2.26. The van der Waals surface area contributed by atoms with E-state index < -0.39 is 150 Å². The summed E-state index contributed by atoms with van der Waals surface area (Å²) in [6.45, 7) is 2.52. The number of benzene rings is 2. The normalized spacial score (nSPS) is 20.0. The number of hydrogen-bond donors (Lipinski definition) is 25. The summed E-state index contributed by atoms with van der Waals surface area (Å²) < 4.78 is 0. The summed E-state index contributed by atoms with van der Waals surface area (Å²) in [5, 5.41) is 89.0. The molecule has 2 aliphatic heterocycles. The summed E-state index contributed by atoms with van der Waals surface area (Å²) in [7, 11) is 2.72. The van der Waals surface area contributed by atoms with Crippen molar-refractivity contribution in [2.45, 2.75) is 209 Å². The maximum atomic E-state index is 14.5. The van der Waals surface area contributed by atoms with Gasteiger partial charge in [-0.05, 0) is 132 Å². The molecular weight excluding hydrogens is 1540 g/mol. The molecule has 4 unspecified atom stereocenters. The van der Waals surface area contributed by atoms with Crippen molar-refractivity contribution >= 4 is 122 Å². The smallest absolute Gasteiger partial charge is 0.243 e. The van der Waals surface area contributed by atoms with Gasteiger partial charge in [0.15, 0.2) is 11.9 Å². The van der Waals surface area contributed by atoms with Crippen LogP contribution in [0.25, 0.3) is 0 Å². The fraction of sp³-hybridized carbons (Fsp3) is 0.603. The van der Waals surface area contributed by atoms with Crippen LogP contribution in [0.3, 0.4) is 0 Å². The quantitative estimate of drug-likeness (QED) is 0.0128. The minimum atomic E-state index is -1.38. The molecule has 0 spiro atoms. The number of amides is 15. The van der Waals surface area contributed by atoms with Gasteiger partial charge in [0.2, 0.25) is 88.6 Å². The number of aromatic hydroxyl groups is 2. The highest BCUT2D eigenvalue weighted by molar-refractivity contribution is 8.76. The Hall–Kier alpha value is -10.7. The van der Waals surface area contributed by atoms with Crippen LogP contribution in [0.2, 0.25) is 0 Å². The third-order valence-electron chi connectivity index (χ3n) is 18.2. The van der Waals surface area contributed by atoms with E-state index in [1.807, 2.05) is 0 Å². The molecule has 2 fully saturated rings. The number of phenolic OH excluding ortho intramolecular Hbond substituents is 2. The number of aliphatic hydroxyl groups excluding tert-OH is 1. The number of unbranched alkanes of at least 4 members (excludes halogenated alkanes) is 4. The molecule has 0 aromatic heterocycles. The highest BCUT2D eigenvalue weighted by Gasteiger charge is 2.35. The van der Waals surface area contributed by atoms with Crippen molar-refractivity contribution in [2.75, 3.05) is 70.5 Å². The van der Waals surface area contributed by atoms with E-state index in [1.54, 1.807) is 13.8 Å². The van der Waals surface area contributed by atoms with Gasteiger partial charge in [0.1, 0.15) is 65.9 Å². The Kier molecular flexibility index (Phi) is 45.5. The zero-order chi connectivity index (χ0) is 84.6. The maximum Gasteiger partial charge on any atom is 0.243 e. The van der Waals surface area contributed by atoms with Crippen LogP contribution in [-0.2, 0) is 84.8 Å². The summed E-state index contributed by atoms with van der Waals surface area (Å²) >= 11 is 0. The van der Waals surface area contributed by atoms with E-state index in [1.165, 1.54) is 70.1 Å². The number of carbonyl (C=O) groups excluding carboxylic acids is 15. The predicted molar refractivity (Wildman–Crippen MR) is 428 cm³/mol. The third-order valence-corrected chi connectivity index (χ3v) is 20.6. The first kappa shape index (κ1) is 96.6. The van der Waals surface area contributed by atoms with Crippen LogP contribution in [-0.4, -0.2) is 247 Å². The zero-order valence-electron chi connectivity index (χ0n) is 65.0. The molecule has 115 heavy (non-hydrogen) atoms. The van der Waals surface area contributed by atoms with E-state index in [9.17, 15) is 82.1 Å². The van der Waals surface area contributed by atoms with Crippen molar-refractivity contribution in [3.8, 4) is 11.5 Å². The van der Waals surface area contributed by atoms with Crippen molar-refractivity contribution in [2.24, 2.45) is 17.2 Å². The predicted octanol–water partition coefficient (Wildman–Crippen LogP) is -4.91. The number of aliphatic hydroxyl groups is 1. The average molecular weight is 1650 g/mol. The maximum absolute atomic E-state index is 14.5. The van der Waals surface area contributed by atoms with Crippen molar-refractivity contribution in [1.82, 2.24) is 90.4 Å². The van der Waals surface area contributed by atoms with E-state index in [-0.39, 0.29) is 202 Å². The van der Waals surface area contributed by atoms with E-state index >= 15 is 0 Å². The van der Waals surface area contributed by atoms with E-state index in [0.29, 0.717) is 36.1 Å². The molecule has 2 aromatic carbocycles. The molecule has 0 bridgehead atoms. The highest BCUT2D eigenvalue weighted by Crippen LogP contribution is 2.23. The van der Waals surface area contributed by atoms with E-state index in [4.69, 9.17) is 33.1 Å².